The highest BCUT2D eigenvalue weighted by atomic mass is 35.5. The van der Waals surface area contributed by atoms with Crippen LogP contribution in [-0.2, 0) is 32.6 Å². The summed E-state index contributed by atoms with van der Waals surface area (Å²) in [6.07, 6.45) is 0.938. The molecule has 0 heterocycles. The first-order chi connectivity index (χ1) is 21.9. The van der Waals surface area contributed by atoms with E-state index < -0.39 is 28.5 Å². The van der Waals surface area contributed by atoms with Crippen LogP contribution in [0.15, 0.2) is 102 Å². The van der Waals surface area contributed by atoms with Crippen molar-refractivity contribution < 1.29 is 18.0 Å². The van der Waals surface area contributed by atoms with Crippen molar-refractivity contribution in [3.8, 4) is 0 Å². The fraction of sp³-hybridized carbons (Fsp3) is 0.278. The smallest absolute Gasteiger partial charge is 0.264 e. The quantitative estimate of drug-likeness (QED) is 0.160. The second-order valence-electron chi connectivity index (χ2n) is 11.4. The van der Waals surface area contributed by atoms with Crippen LogP contribution in [0.1, 0.15) is 42.5 Å². The third-order valence-corrected chi connectivity index (χ3v) is 10.5. The molecule has 0 aromatic heterocycles. The Morgan fingerprint density at radius 2 is 1.50 bits per heavy atom. The van der Waals surface area contributed by atoms with Gasteiger partial charge in [0.2, 0.25) is 11.8 Å². The van der Waals surface area contributed by atoms with E-state index in [-0.39, 0.29) is 45.5 Å². The molecule has 242 valence electrons. The Bertz CT molecular complexity index is 1770. The maximum atomic E-state index is 14.6. The summed E-state index contributed by atoms with van der Waals surface area (Å²) >= 11 is 12.5. The Labute approximate surface area is 282 Å². The highest BCUT2D eigenvalue weighted by Gasteiger charge is 2.35. The lowest BCUT2D eigenvalue weighted by Gasteiger charge is -2.34. The first kappa shape index (κ1) is 35.0. The number of rotatable bonds is 13. The normalized spacial score (nSPS) is 12.7. The number of carbonyl (C=O) groups is 2. The Morgan fingerprint density at radius 1 is 0.848 bits per heavy atom. The second-order valence-corrected chi connectivity index (χ2v) is 14.1. The van der Waals surface area contributed by atoms with Crippen molar-refractivity contribution in [1.29, 1.82) is 0 Å². The lowest BCUT2D eigenvalue weighted by molar-refractivity contribution is -0.140. The van der Waals surface area contributed by atoms with Gasteiger partial charge in [-0.3, -0.25) is 13.9 Å². The van der Waals surface area contributed by atoms with Gasteiger partial charge in [-0.25, -0.2) is 8.42 Å². The summed E-state index contributed by atoms with van der Waals surface area (Å²) in [6, 6.07) is 26.8. The number of carbonyl (C=O) groups excluding carboxylic acids is 2. The number of amides is 2. The molecule has 0 aliphatic heterocycles. The van der Waals surface area contributed by atoms with Crippen molar-refractivity contribution in [3.63, 3.8) is 0 Å². The van der Waals surface area contributed by atoms with E-state index in [1.54, 1.807) is 12.1 Å². The van der Waals surface area contributed by atoms with Gasteiger partial charge in [-0.1, -0.05) is 102 Å². The van der Waals surface area contributed by atoms with Crippen molar-refractivity contribution in [2.75, 3.05) is 10.8 Å². The van der Waals surface area contributed by atoms with Crippen LogP contribution in [0.4, 0.5) is 5.69 Å². The molecule has 46 heavy (non-hydrogen) atoms. The van der Waals surface area contributed by atoms with Crippen LogP contribution in [-0.4, -0.2) is 43.8 Å². The second kappa shape index (κ2) is 15.6. The standard InChI is InChI=1S/C36H39Cl2N3O4S/c1-5-27(4)39-36(43)34(21-28-12-7-6-8-13-28)40(23-29-14-10-9-11-26(29)3)35(42)24-41(30-17-20-32(37)33(38)22-30)46(44,45)31-18-15-25(2)16-19-31/h6-20,22,27,34H,5,21,23-24H2,1-4H3,(H,39,43)/t27-,34-/m0/s1. The van der Waals surface area contributed by atoms with Crippen molar-refractivity contribution in [1.82, 2.24) is 10.2 Å². The first-order valence-electron chi connectivity index (χ1n) is 15.1. The molecule has 2 amide bonds. The van der Waals surface area contributed by atoms with E-state index in [4.69, 9.17) is 23.2 Å². The lowest BCUT2D eigenvalue weighted by atomic mass is 10.0. The zero-order valence-electron chi connectivity index (χ0n) is 26.4. The van der Waals surface area contributed by atoms with Crippen LogP contribution in [0, 0.1) is 13.8 Å². The fourth-order valence-electron chi connectivity index (χ4n) is 4.97. The third kappa shape index (κ3) is 8.69. The molecular formula is C36H39Cl2N3O4S. The Morgan fingerprint density at radius 3 is 2.13 bits per heavy atom. The van der Waals surface area contributed by atoms with Crippen LogP contribution >= 0.6 is 23.2 Å². The SMILES string of the molecule is CC[C@H](C)NC(=O)[C@H](Cc1ccccc1)N(Cc1ccccc1C)C(=O)CN(c1ccc(Cl)c(Cl)c1)S(=O)(=O)c1ccc(C)cc1. The molecule has 4 rings (SSSR count). The van der Waals surface area contributed by atoms with E-state index in [9.17, 15) is 18.0 Å². The topological polar surface area (TPSA) is 86.8 Å². The van der Waals surface area contributed by atoms with Crippen LogP contribution < -0.4 is 9.62 Å². The van der Waals surface area contributed by atoms with Gasteiger partial charge in [0.15, 0.2) is 0 Å². The zero-order chi connectivity index (χ0) is 33.4. The number of nitrogens with one attached hydrogen (secondary N) is 1. The molecule has 0 bridgehead atoms. The third-order valence-electron chi connectivity index (χ3n) is 7.95. The summed E-state index contributed by atoms with van der Waals surface area (Å²) in [5.41, 5.74) is 3.70. The van der Waals surface area contributed by atoms with E-state index in [1.807, 2.05) is 82.3 Å². The highest BCUT2D eigenvalue weighted by molar-refractivity contribution is 7.92. The molecule has 0 spiro atoms. The molecule has 2 atom stereocenters. The van der Waals surface area contributed by atoms with E-state index in [1.165, 1.54) is 35.2 Å². The van der Waals surface area contributed by atoms with Gasteiger partial charge in [0.05, 0.1) is 20.6 Å². The van der Waals surface area contributed by atoms with Crippen LogP contribution in [0.25, 0.3) is 0 Å². The van der Waals surface area contributed by atoms with Gasteiger partial charge in [0, 0.05) is 19.0 Å². The maximum Gasteiger partial charge on any atom is 0.264 e. The Kier molecular flexibility index (Phi) is 11.9. The molecule has 7 nitrogen and oxygen atoms in total. The summed E-state index contributed by atoms with van der Waals surface area (Å²) in [5.74, 6) is -0.868. The first-order valence-corrected chi connectivity index (χ1v) is 17.3. The molecule has 10 heteroatoms. The number of sulfonamides is 1. The number of hydrogen-bond donors (Lipinski definition) is 1. The largest absolute Gasteiger partial charge is 0.352 e. The lowest BCUT2D eigenvalue weighted by Crippen LogP contribution is -2.54. The molecule has 0 aliphatic carbocycles. The van der Waals surface area contributed by atoms with Crippen molar-refractivity contribution in [2.45, 2.75) is 64.1 Å². The van der Waals surface area contributed by atoms with Crippen molar-refractivity contribution in [2.24, 2.45) is 0 Å². The fourth-order valence-corrected chi connectivity index (χ4v) is 6.67. The van der Waals surface area contributed by atoms with Crippen LogP contribution in [0.5, 0.6) is 0 Å². The average Bonchev–Trinajstić information content (AvgIpc) is 3.04. The number of anilines is 1. The maximum absolute atomic E-state index is 14.6. The Hall–Kier alpha value is -3.85. The summed E-state index contributed by atoms with van der Waals surface area (Å²) in [7, 11) is -4.25. The monoisotopic (exact) mass is 679 g/mol. The molecule has 0 fully saturated rings. The van der Waals surface area contributed by atoms with Gasteiger partial charge in [-0.05, 0) is 74.2 Å². The molecule has 1 N–H and O–H groups in total. The predicted molar refractivity (Wildman–Crippen MR) is 186 cm³/mol. The van der Waals surface area contributed by atoms with E-state index in [0.717, 1.165) is 26.6 Å². The average molecular weight is 681 g/mol. The number of halogens is 2. The van der Waals surface area contributed by atoms with Gasteiger partial charge in [-0.15, -0.1) is 0 Å². The zero-order valence-corrected chi connectivity index (χ0v) is 28.7. The molecule has 0 aliphatic rings. The van der Waals surface area contributed by atoms with E-state index in [0.29, 0.717) is 6.42 Å². The van der Waals surface area contributed by atoms with Crippen LogP contribution in [0.3, 0.4) is 0 Å². The molecule has 0 saturated carbocycles. The van der Waals surface area contributed by atoms with E-state index >= 15 is 0 Å². The molecule has 0 saturated heterocycles. The summed E-state index contributed by atoms with van der Waals surface area (Å²) in [4.78, 5) is 30.1. The van der Waals surface area contributed by atoms with Gasteiger partial charge in [0.1, 0.15) is 12.6 Å². The number of hydrogen-bond acceptors (Lipinski definition) is 4. The van der Waals surface area contributed by atoms with Gasteiger partial charge in [-0.2, -0.15) is 0 Å². The summed E-state index contributed by atoms with van der Waals surface area (Å²) in [6.45, 7) is 7.19. The number of aryl methyl sites for hydroxylation is 2. The molecule has 0 unspecified atom stereocenters. The molecule has 4 aromatic carbocycles. The van der Waals surface area contributed by atoms with Crippen molar-refractivity contribution >= 4 is 50.7 Å². The van der Waals surface area contributed by atoms with Gasteiger partial charge in [0.25, 0.3) is 10.0 Å². The Balaban J connectivity index is 1.83. The van der Waals surface area contributed by atoms with Crippen molar-refractivity contribution in [3.05, 3.63) is 129 Å². The number of benzene rings is 4. The predicted octanol–water partition coefficient (Wildman–Crippen LogP) is 7.36. The summed E-state index contributed by atoms with van der Waals surface area (Å²) in [5, 5.41) is 3.44. The highest BCUT2D eigenvalue weighted by Crippen LogP contribution is 2.31. The number of nitrogens with zero attached hydrogens (tertiary/aromatic N) is 2. The summed E-state index contributed by atoms with van der Waals surface area (Å²) < 4.78 is 29.4. The van der Waals surface area contributed by atoms with Crippen LogP contribution in [0.2, 0.25) is 10.0 Å². The molecule has 4 aromatic rings. The minimum Gasteiger partial charge on any atom is -0.352 e. The molecular weight excluding hydrogens is 641 g/mol. The van der Waals surface area contributed by atoms with Gasteiger partial charge < -0.3 is 10.2 Å². The molecule has 0 radical (unpaired) electrons. The minimum absolute atomic E-state index is 0.0118. The van der Waals surface area contributed by atoms with E-state index in [2.05, 4.69) is 5.32 Å². The van der Waals surface area contributed by atoms with Gasteiger partial charge >= 0.3 is 0 Å². The minimum atomic E-state index is -4.25.